The van der Waals surface area contributed by atoms with Crippen LogP contribution < -0.4 is 0 Å². The number of aromatic nitrogens is 2. The van der Waals surface area contributed by atoms with E-state index in [1.165, 1.54) is 27.8 Å². The van der Waals surface area contributed by atoms with E-state index in [9.17, 15) is 0 Å². The minimum atomic E-state index is -0.251. The molecule has 0 radical (unpaired) electrons. The first kappa shape index (κ1) is 33.0. The van der Waals surface area contributed by atoms with E-state index >= 15 is 0 Å². The second kappa shape index (κ2) is 13.1. The summed E-state index contributed by atoms with van der Waals surface area (Å²) in [5.41, 5.74) is 17.5. The Morgan fingerprint density at radius 2 is 0.930 bits per heavy atom. The zero-order chi connectivity index (χ0) is 37.9. The Labute approximate surface area is 331 Å². The lowest BCUT2D eigenvalue weighted by atomic mass is 9.74. The summed E-state index contributed by atoms with van der Waals surface area (Å²) < 4.78 is 6.08. The van der Waals surface area contributed by atoms with Crippen LogP contribution in [0.15, 0.2) is 205 Å². The highest BCUT2D eigenvalue weighted by Crippen LogP contribution is 2.53. The molecule has 0 bridgehead atoms. The number of nitrogens with zero attached hydrogens (tertiary/aromatic N) is 2. The lowest BCUT2D eigenvalue weighted by molar-refractivity contribution is 0.669. The third-order valence-corrected chi connectivity index (χ3v) is 11.8. The smallest absolute Gasteiger partial charge is 0.160 e. The molecule has 11 rings (SSSR count). The zero-order valence-electron chi connectivity index (χ0n) is 31.4. The first-order valence-electron chi connectivity index (χ1n) is 19.5. The van der Waals surface area contributed by atoms with Crippen LogP contribution in [0.1, 0.15) is 23.6 Å². The maximum atomic E-state index is 6.08. The van der Waals surface area contributed by atoms with Crippen molar-refractivity contribution < 1.29 is 4.42 Å². The number of furan rings is 1. The van der Waals surface area contributed by atoms with Crippen molar-refractivity contribution in [2.45, 2.75) is 12.3 Å². The average Bonchev–Trinajstić information content (AvgIpc) is 3.79. The first-order valence-corrected chi connectivity index (χ1v) is 19.5. The Morgan fingerprint density at radius 1 is 0.368 bits per heavy atom. The Morgan fingerprint density at radius 3 is 1.72 bits per heavy atom. The molecule has 0 fully saturated rings. The molecule has 0 saturated heterocycles. The second-order valence-electron chi connectivity index (χ2n) is 15.1. The van der Waals surface area contributed by atoms with E-state index in [-0.39, 0.29) is 5.41 Å². The fourth-order valence-electron chi connectivity index (χ4n) is 8.82. The molecule has 1 aliphatic carbocycles. The van der Waals surface area contributed by atoms with Crippen molar-refractivity contribution in [3.63, 3.8) is 0 Å². The van der Waals surface area contributed by atoms with Crippen LogP contribution in [0.4, 0.5) is 0 Å². The molecule has 0 saturated carbocycles. The molecule has 0 amide bonds. The third kappa shape index (κ3) is 5.50. The highest BCUT2D eigenvalue weighted by molar-refractivity contribution is 6.06. The summed E-state index contributed by atoms with van der Waals surface area (Å²) in [7, 11) is 0. The van der Waals surface area contributed by atoms with Crippen molar-refractivity contribution in [2.75, 3.05) is 0 Å². The molecule has 8 aromatic carbocycles. The van der Waals surface area contributed by atoms with Gasteiger partial charge in [0.1, 0.15) is 11.2 Å². The molecular formula is C54H36N2O. The normalized spacial score (nSPS) is 14.5. The highest BCUT2D eigenvalue weighted by Gasteiger charge is 2.40. The summed E-state index contributed by atoms with van der Waals surface area (Å²) in [4.78, 5) is 10.4. The maximum Gasteiger partial charge on any atom is 0.160 e. The molecule has 2 heterocycles. The summed E-state index contributed by atoms with van der Waals surface area (Å²) in [6.07, 6.45) is 0. The van der Waals surface area contributed by atoms with Gasteiger partial charge in [0.2, 0.25) is 0 Å². The molecule has 1 unspecified atom stereocenters. The highest BCUT2D eigenvalue weighted by atomic mass is 16.3. The topological polar surface area (TPSA) is 38.9 Å². The van der Waals surface area contributed by atoms with Gasteiger partial charge in [-0.25, -0.2) is 9.97 Å². The SMILES string of the molecule is CC1(c2ccccc2)c2ccccc2-c2cc(-c3cc(-c4cccc(-c5ccc(-c6ccc7oc8ccccc8c7c6)cc5)c4)nc(-c4ccccc4)n3)ccc21. The monoisotopic (exact) mass is 728 g/mol. The van der Waals surface area contributed by atoms with Gasteiger partial charge in [-0.3, -0.25) is 0 Å². The Bertz CT molecular complexity index is 3130. The van der Waals surface area contributed by atoms with Gasteiger partial charge in [-0.15, -0.1) is 0 Å². The molecule has 3 nitrogen and oxygen atoms in total. The summed E-state index contributed by atoms with van der Waals surface area (Å²) in [5.74, 6) is 0.704. The lowest BCUT2D eigenvalue weighted by Crippen LogP contribution is -2.22. The van der Waals surface area contributed by atoms with Crippen LogP contribution in [0, 0.1) is 0 Å². The minimum absolute atomic E-state index is 0.251. The van der Waals surface area contributed by atoms with Gasteiger partial charge in [-0.1, -0.05) is 164 Å². The van der Waals surface area contributed by atoms with E-state index in [0.29, 0.717) is 5.82 Å². The summed E-state index contributed by atoms with van der Waals surface area (Å²) in [6, 6.07) is 71.1. The molecule has 2 aromatic heterocycles. The number of fused-ring (bicyclic) bond motifs is 6. The van der Waals surface area contributed by atoms with E-state index in [2.05, 4.69) is 177 Å². The van der Waals surface area contributed by atoms with Gasteiger partial charge in [0, 0.05) is 32.9 Å². The van der Waals surface area contributed by atoms with Gasteiger partial charge in [0.25, 0.3) is 0 Å². The van der Waals surface area contributed by atoms with Crippen LogP contribution >= 0.6 is 0 Å². The summed E-state index contributed by atoms with van der Waals surface area (Å²) in [6.45, 7) is 2.35. The molecule has 0 aliphatic heterocycles. The standard InChI is InChI=1S/C54H36N2O/c1-54(42-17-6-3-7-18-42)47-21-10-8-19-43(47)45-33-41(27-29-48(45)54)50-34-49(55-53(56-50)37-13-4-2-5-14-37)40-16-12-15-38(31-40)35-23-25-36(26-24-35)39-28-30-52-46(32-39)44-20-9-11-22-51(44)57-52/h2-34H,1H3. The van der Waals surface area contributed by atoms with Crippen molar-refractivity contribution >= 4 is 21.9 Å². The van der Waals surface area contributed by atoms with Gasteiger partial charge < -0.3 is 4.42 Å². The molecule has 1 atom stereocenters. The van der Waals surface area contributed by atoms with Gasteiger partial charge in [-0.05, 0) is 93.4 Å². The van der Waals surface area contributed by atoms with Crippen LogP contribution in [0.25, 0.3) is 89.2 Å². The summed E-state index contributed by atoms with van der Waals surface area (Å²) >= 11 is 0. The van der Waals surface area contributed by atoms with E-state index in [0.717, 1.165) is 72.3 Å². The maximum absolute atomic E-state index is 6.08. The third-order valence-electron chi connectivity index (χ3n) is 11.8. The van der Waals surface area contributed by atoms with Crippen LogP contribution in [0.3, 0.4) is 0 Å². The largest absolute Gasteiger partial charge is 0.456 e. The van der Waals surface area contributed by atoms with Crippen LogP contribution in [0.5, 0.6) is 0 Å². The predicted molar refractivity (Wildman–Crippen MR) is 234 cm³/mol. The van der Waals surface area contributed by atoms with Crippen molar-refractivity contribution in [1.29, 1.82) is 0 Å². The quantitative estimate of drug-likeness (QED) is 0.171. The molecule has 57 heavy (non-hydrogen) atoms. The zero-order valence-corrected chi connectivity index (χ0v) is 31.4. The van der Waals surface area contributed by atoms with E-state index in [1.807, 2.05) is 30.3 Å². The summed E-state index contributed by atoms with van der Waals surface area (Å²) in [5, 5.41) is 2.27. The van der Waals surface area contributed by atoms with E-state index in [4.69, 9.17) is 14.4 Å². The second-order valence-corrected chi connectivity index (χ2v) is 15.1. The fourth-order valence-corrected chi connectivity index (χ4v) is 8.82. The van der Waals surface area contributed by atoms with Crippen LogP contribution in [0.2, 0.25) is 0 Å². The number of hydrogen-bond acceptors (Lipinski definition) is 3. The predicted octanol–water partition coefficient (Wildman–Crippen LogP) is 14.0. The molecule has 0 spiro atoms. The molecule has 3 heteroatoms. The number of para-hydroxylation sites is 1. The first-order chi connectivity index (χ1) is 28.1. The van der Waals surface area contributed by atoms with Crippen LogP contribution in [-0.2, 0) is 5.41 Å². The number of benzene rings is 8. The average molecular weight is 729 g/mol. The molecular weight excluding hydrogens is 693 g/mol. The van der Waals surface area contributed by atoms with Gasteiger partial charge in [-0.2, -0.15) is 0 Å². The number of hydrogen-bond donors (Lipinski definition) is 0. The van der Waals surface area contributed by atoms with Crippen molar-refractivity contribution in [3.05, 3.63) is 217 Å². The molecule has 1 aliphatic rings. The van der Waals surface area contributed by atoms with Gasteiger partial charge in [0.15, 0.2) is 5.82 Å². The molecule has 268 valence electrons. The van der Waals surface area contributed by atoms with Crippen molar-refractivity contribution in [2.24, 2.45) is 0 Å². The Balaban J connectivity index is 0.978. The van der Waals surface area contributed by atoms with E-state index in [1.54, 1.807) is 0 Å². The molecule has 10 aromatic rings. The van der Waals surface area contributed by atoms with Crippen molar-refractivity contribution in [3.8, 4) is 67.3 Å². The van der Waals surface area contributed by atoms with Crippen LogP contribution in [-0.4, -0.2) is 9.97 Å². The van der Waals surface area contributed by atoms with E-state index < -0.39 is 0 Å². The van der Waals surface area contributed by atoms with Gasteiger partial charge in [0.05, 0.1) is 11.4 Å². The fraction of sp³-hybridized carbons (Fsp3) is 0.0370. The number of rotatable bonds is 6. The lowest BCUT2D eigenvalue weighted by Gasteiger charge is -2.28. The Hall–Kier alpha value is -7.36. The minimum Gasteiger partial charge on any atom is -0.456 e. The molecule has 0 N–H and O–H groups in total. The van der Waals surface area contributed by atoms with Gasteiger partial charge >= 0.3 is 0 Å². The Kier molecular flexibility index (Phi) is 7.61. The van der Waals surface area contributed by atoms with Crippen molar-refractivity contribution in [1.82, 2.24) is 9.97 Å².